The fraction of sp³-hybridized carbons (Fsp3) is 0.538. The highest BCUT2D eigenvalue weighted by Crippen LogP contribution is 2.35. The van der Waals surface area contributed by atoms with Crippen molar-refractivity contribution in [3.05, 3.63) is 35.9 Å². The van der Waals surface area contributed by atoms with Gasteiger partial charge in [0, 0.05) is 5.56 Å². The molecule has 0 amide bonds. The highest BCUT2D eigenvalue weighted by molar-refractivity contribution is 5.18. The molecule has 0 unspecified atom stereocenters. The van der Waals surface area contributed by atoms with Gasteiger partial charge in [-0.25, -0.2) is 0 Å². The molecule has 0 aliphatic rings. The lowest BCUT2D eigenvalue weighted by Gasteiger charge is -2.34. The number of hydrogen-bond donors (Lipinski definition) is 0. The highest BCUT2D eigenvalue weighted by Gasteiger charge is 2.46. The standard InChI is InChI=1S/C13H11F9O3/c14-10(15,16)6-23-13(24-7-11(17,18)19,25-8-12(20,21)22)9-4-2-1-3-5-9/h1-5H,6-8H2. The van der Waals surface area contributed by atoms with Crippen LogP contribution in [-0.4, -0.2) is 38.3 Å². The highest BCUT2D eigenvalue weighted by atomic mass is 19.4. The fourth-order valence-electron chi connectivity index (χ4n) is 1.55. The molecule has 12 heteroatoms. The molecule has 144 valence electrons. The van der Waals surface area contributed by atoms with E-state index in [1.807, 2.05) is 0 Å². The van der Waals surface area contributed by atoms with E-state index in [9.17, 15) is 39.5 Å². The van der Waals surface area contributed by atoms with E-state index in [2.05, 4.69) is 14.2 Å². The summed E-state index contributed by atoms with van der Waals surface area (Å²) in [6.07, 6.45) is -15.2. The van der Waals surface area contributed by atoms with Crippen molar-refractivity contribution >= 4 is 0 Å². The molecular formula is C13H11F9O3. The predicted octanol–water partition coefficient (Wildman–Crippen LogP) is 4.53. The number of ether oxygens (including phenoxy) is 3. The van der Waals surface area contributed by atoms with Crippen LogP contribution >= 0.6 is 0 Å². The average molecular weight is 386 g/mol. The van der Waals surface area contributed by atoms with Crippen molar-refractivity contribution in [3.8, 4) is 0 Å². The molecule has 0 aliphatic heterocycles. The molecule has 1 aromatic rings. The quantitative estimate of drug-likeness (QED) is 0.509. The summed E-state index contributed by atoms with van der Waals surface area (Å²) < 4.78 is 124. The molecule has 0 saturated carbocycles. The largest absolute Gasteiger partial charge is 0.412 e. The Morgan fingerprint density at radius 1 is 0.560 bits per heavy atom. The molecule has 0 N–H and O–H groups in total. The van der Waals surface area contributed by atoms with Gasteiger partial charge in [-0.1, -0.05) is 30.3 Å². The molecule has 1 aromatic carbocycles. The molecule has 25 heavy (non-hydrogen) atoms. The summed E-state index contributed by atoms with van der Waals surface area (Å²) in [5.41, 5.74) is -0.604. The maximum atomic E-state index is 12.4. The Kier molecular flexibility index (Phi) is 6.70. The molecule has 1 rings (SSSR count). The second-order valence-corrected chi connectivity index (χ2v) is 4.63. The van der Waals surface area contributed by atoms with Crippen molar-refractivity contribution in [2.45, 2.75) is 24.5 Å². The maximum absolute atomic E-state index is 12.4. The molecule has 0 spiro atoms. The smallest absolute Gasteiger partial charge is 0.314 e. The lowest BCUT2D eigenvalue weighted by atomic mass is 10.2. The normalized spacial score (nSPS) is 14.0. The van der Waals surface area contributed by atoms with Crippen molar-refractivity contribution in [1.82, 2.24) is 0 Å². The first-order valence-corrected chi connectivity index (χ1v) is 6.40. The van der Waals surface area contributed by atoms with Gasteiger partial charge in [-0.05, 0) is 0 Å². The minimum absolute atomic E-state index is 0.604. The van der Waals surface area contributed by atoms with Gasteiger partial charge in [0.15, 0.2) is 0 Å². The van der Waals surface area contributed by atoms with Gasteiger partial charge in [0.2, 0.25) is 0 Å². The summed E-state index contributed by atoms with van der Waals surface area (Å²) in [4.78, 5) is 0. The monoisotopic (exact) mass is 386 g/mol. The summed E-state index contributed by atoms with van der Waals surface area (Å²) in [5, 5.41) is 0. The van der Waals surface area contributed by atoms with Gasteiger partial charge in [-0.3, -0.25) is 0 Å². The molecule has 3 nitrogen and oxygen atoms in total. The molecular weight excluding hydrogens is 375 g/mol. The first kappa shape index (κ1) is 21.5. The Labute approximate surface area is 135 Å². The van der Waals surface area contributed by atoms with E-state index in [1.165, 1.54) is 6.07 Å². The summed E-state index contributed by atoms with van der Waals surface area (Å²) in [7, 11) is 0. The Balaban J connectivity index is 3.19. The van der Waals surface area contributed by atoms with Crippen LogP contribution in [-0.2, 0) is 20.2 Å². The van der Waals surface area contributed by atoms with Crippen LogP contribution in [0.5, 0.6) is 0 Å². The first-order chi connectivity index (χ1) is 11.2. The Bertz CT molecular complexity index is 477. The summed E-state index contributed by atoms with van der Waals surface area (Å²) in [5.74, 6) is -3.35. The van der Waals surface area contributed by atoms with Crippen LogP contribution in [0.25, 0.3) is 0 Å². The molecule has 0 fully saturated rings. The van der Waals surface area contributed by atoms with Gasteiger partial charge < -0.3 is 14.2 Å². The van der Waals surface area contributed by atoms with Crippen molar-refractivity contribution in [3.63, 3.8) is 0 Å². The van der Waals surface area contributed by atoms with E-state index in [4.69, 9.17) is 0 Å². The SMILES string of the molecule is FC(F)(F)COC(OCC(F)(F)F)(OCC(F)(F)F)c1ccccc1. The summed E-state index contributed by atoms with van der Waals surface area (Å²) in [6.45, 7) is -6.59. The summed E-state index contributed by atoms with van der Waals surface area (Å²) in [6, 6.07) is 5.43. The van der Waals surface area contributed by atoms with Crippen molar-refractivity contribution in [2.24, 2.45) is 0 Å². The zero-order valence-corrected chi connectivity index (χ0v) is 12.1. The van der Waals surface area contributed by atoms with E-state index in [1.54, 1.807) is 0 Å². The van der Waals surface area contributed by atoms with Gasteiger partial charge in [0.1, 0.15) is 19.8 Å². The minimum Gasteiger partial charge on any atom is -0.314 e. The van der Waals surface area contributed by atoms with Gasteiger partial charge in [0.25, 0.3) is 0 Å². The minimum atomic E-state index is -5.05. The van der Waals surface area contributed by atoms with E-state index in [0.717, 1.165) is 24.3 Å². The number of benzene rings is 1. The molecule has 0 radical (unpaired) electrons. The third-order valence-electron chi connectivity index (χ3n) is 2.40. The van der Waals surface area contributed by atoms with Crippen molar-refractivity contribution in [2.75, 3.05) is 19.8 Å². The Morgan fingerprint density at radius 2 is 0.880 bits per heavy atom. The van der Waals surface area contributed by atoms with E-state index in [-0.39, 0.29) is 0 Å². The van der Waals surface area contributed by atoms with Gasteiger partial charge in [-0.2, -0.15) is 39.5 Å². The topological polar surface area (TPSA) is 27.7 Å². The molecule has 0 bridgehead atoms. The van der Waals surface area contributed by atoms with Gasteiger partial charge in [-0.15, -0.1) is 0 Å². The third-order valence-corrected chi connectivity index (χ3v) is 2.40. The molecule has 0 aliphatic carbocycles. The van der Waals surface area contributed by atoms with Crippen LogP contribution in [0, 0.1) is 0 Å². The third kappa shape index (κ3) is 8.40. The van der Waals surface area contributed by atoms with Crippen molar-refractivity contribution in [1.29, 1.82) is 0 Å². The molecule has 0 atom stereocenters. The molecule has 0 saturated heterocycles. The van der Waals surface area contributed by atoms with Crippen LogP contribution in [0.2, 0.25) is 0 Å². The van der Waals surface area contributed by atoms with Crippen molar-refractivity contribution < 1.29 is 53.7 Å². The molecule has 0 heterocycles. The van der Waals surface area contributed by atoms with Crippen LogP contribution in [0.4, 0.5) is 39.5 Å². The second-order valence-electron chi connectivity index (χ2n) is 4.63. The maximum Gasteiger partial charge on any atom is 0.412 e. The number of halogens is 9. The number of alkyl halides is 9. The number of hydrogen-bond acceptors (Lipinski definition) is 3. The van der Waals surface area contributed by atoms with Crippen LogP contribution < -0.4 is 0 Å². The van der Waals surface area contributed by atoms with E-state index < -0.39 is 49.9 Å². The van der Waals surface area contributed by atoms with Crippen LogP contribution in [0.15, 0.2) is 30.3 Å². The predicted molar refractivity (Wildman–Crippen MR) is 64.1 cm³/mol. The zero-order chi connectivity index (χ0) is 19.4. The van der Waals surface area contributed by atoms with E-state index >= 15 is 0 Å². The Morgan fingerprint density at radius 3 is 1.16 bits per heavy atom. The van der Waals surface area contributed by atoms with Crippen LogP contribution in [0.3, 0.4) is 0 Å². The lowest BCUT2D eigenvalue weighted by molar-refractivity contribution is -0.434. The fourth-order valence-corrected chi connectivity index (χ4v) is 1.55. The Hall–Kier alpha value is -1.53. The van der Waals surface area contributed by atoms with Gasteiger partial charge in [0.05, 0.1) is 0 Å². The first-order valence-electron chi connectivity index (χ1n) is 6.40. The van der Waals surface area contributed by atoms with Gasteiger partial charge >= 0.3 is 24.5 Å². The van der Waals surface area contributed by atoms with E-state index in [0.29, 0.717) is 0 Å². The summed E-state index contributed by atoms with van der Waals surface area (Å²) >= 11 is 0. The van der Waals surface area contributed by atoms with Crippen LogP contribution in [0.1, 0.15) is 5.56 Å². The average Bonchev–Trinajstić information content (AvgIpc) is 2.45. The second kappa shape index (κ2) is 7.79. The number of rotatable bonds is 7. The zero-order valence-electron chi connectivity index (χ0n) is 12.1. The molecule has 0 aromatic heterocycles. The lowest BCUT2D eigenvalue weighted by Crippen LogP contribution is -2.43.